The number of aromatic nitrogens is 2. The molecule has 0 fully saturated rings. The zero-order valence-electron chi connectivity index (χ0n) is 11.4. The average molecular weight is 289 g/mol. The van der Waals surface area contributed by atoms with Gasteiger partial charge in [-0.1, -0.05) is 6.07 Å². The number of nitrogen functional groups attached to an aromatic ring is 1. The van der Waals surface area contributed by atoms with Crippen LogP contribution in [0.4, 0.5) is 11.4 Å². The van der Waals surface area contributed by atoms with Gasteiger partial charge in [-0.15, -0.1) is 0 Å². The third-order valence-corrected chi connectivity index (χ3v) is 2.68. The van der Waals surface area contributed by atoms with E-state index in [1.165, 1.54) is 10.9 Å². The molecule has 110 valence electrons. The molecule has 5 N–H and O–H groups in total. The first-order chi connectivity index (χ1) is 9.99. The van der Waals surface area contributed by atoms with Crippen molar-refractivity contribution in [2.45, 2.75) is 6.54 Å². The molecule has 1 aromatic heterocycles. The number of carbonyl (C=O) groups excluding carboxylic acids is 2. The van der Waals surface area contributed by atoms with Crippen LogP contribution in [0.3, 0.4) is 0 Å². The molecule has 1 aromatic carbocycles. The molecule has 21 heavy (non-hydrogen) atoms. The van der Waals surface area contributed by atoms with Crippen LogP contribution in [-0.4, -0.2) is 28.7 Å². The van der Waals surface area contributed by atoms with Gasteiger partial charge in [0.1, 0.15) is 12.3 Å². The van der Waals surface area contributed by atoms with Crippen molar-refractivity contribution in [3.05, 3.63) is 36.2 Å². The van der Waals surface area contributed by atoms with Gasteiger partial charge in [-0.2, -0.15) is 5.10 Å². The van der Waals surface area contributed by atoms with Gasteiger partial charge in [0.15, 0.2) is 5.69 Å². The molecule has 2 aromatic rings. The molecule has 1 heterocycles. The van der Waals surface area contributed by atoms with Crippen LogP contribution in [0.1, 0.15) is 10.5 Å². The first kappa shape index (κ1) is 14.4. The molecule has 8 heteroatoms. The SMILES string of the molecule is COc1cccc(NC(=O)Cn2cc(N)c(C(N)=O)n2)c1. The molecule has 0 saturated carbocycles. The lowest BCUT2D eigenvalue weighted by Crippen LogP contribution is -2.20. The maximum absolute atomic E-state index is 11.9. The molecule has 2 amide bonds. The van der Waals surface area contributed by atoms with Crippen molar-refractivity contribution < 1.29 is 14.3 Å². The van der Waals surface area contributed by atoms with Crippen molar-refractivity contribution in [2.75, 3.05) is 18.2 Å². The van der Waals surface area contributed by atoms with Crippen LogP contribution in [0.15, 0.2) is 30.5 Å². The minimum Gasteiger partial charge on any atom is -0.497 e. The Morgan fingerprint density at radius 3 is 2.81 bits per heavy atom. The lowest BCUT2D eigenvalue weighted by molar-refractivity contribution is -0.116. The van der Waals surface area contributed by atoms with Crippen molar-refractivity contribution in [2.24, 2.45) is 5.73 Å². The molecule has 0 aliphatic heterocycles. The number of nitrogens with one attached hydrogen (secondary N) is 1. The lowest BCUT2D eigenvalue weighted by Gasteiger charge is -2.07. The topological polar surface area (TPSA) is 125 Å². The van der Waals surface area contributed by atoms with E-state index in [0.29, 0.717) is 11.4 Å². The number of amides is 2. The summed E-state index contributed by atoms with van der Waals surface area (Å²) in [6.45, 7) is -0.0886. The van der Waals surface area contributed by atoms with Crippen molar-refractivity contribution in [3.63, 3.8) is 0 Å². The van der Waals surface area contributed by atoms with E-state index in [1.807, 2.05) is 0 Å². The molecule has 8 nitrogen and oxygen atoms in total. The highest BCUT2D eigenvalue weighted by Crippen LogP contribution is 2.16. The highest BCUT2D eigenvalue weighted by Gasteiger charge is 2.13. The Hall–Kier alpha value is -3.03. The molecule has 0 bridgehead atoms. The van der Waals surface area contributed by atoms with Gasteiger partial charge in [-0.3, -0.25) is 14.3 Å². The first-order valence-electron chi connectivity index (χ1n) is 6.06. The van der Waals surface area contributed by atoms with E-state index >= 15 is 0 Å². The second-order valence-corrected chi connectivity index (χ2v) is 4.28. The monoisotopic (exact) mass is 289 g/mol. The van der Waals surface area contributed by atoms with Gasteiger partial charge < -0.3 is 21.5 Å². The summed E-state index contributed by atoms with van der Waals surface area (Å²) in [6, 6.07) is 6.94. The van der Waals surface area contributed by atoms with E-state index in [-0.39, 0.29) is 23.8 Å². The number of hydrogen-bond acceptors (Lipinski definition) is 5. The maximum atomic E-state index is 11.9. The van der Waals surface area contributed by atoms with Crippen molar-refractivity contribution >= 4 is 23.2 Å². The molecule has 0 radical (unpaired) electrons. The number of primary amides is 1. The maximum Gasteiger partial charge on any atom is 0.271 e. The highest BCUT2D eigenvalue weighted by atomic mass is 16.5. The van der Waals surface area contributed by atoms with E-state index in [4.69, 9.17) is 16.2 Å². The summed E-state index contributed by atoms with van der Waals surface area (Å²) >= 11 is 0. The quantitative estimate of drug-likeness (QED) is 0.725. The summed E-state index contributed by atoms with van der Waals surface area (Å²) in [5, 5.41) is 6.54. The zero-order valence-corrected chi connectivity index (χ0v) is 11.4. The van der Waals surface area contributed by atoms with Gasteiger partial charge in [0.05, 0.1) is 12.8 Å². The molecular formula is C13H15N5O3. The molecule has 2 rings (SSSR count). The minimum atomic E-state index is -0.737. The van der Waals surface area contributed by atoms with E-state index in [2.05, 4.69) is 10.4 Å². The number of anilines is 2. The van der Waals surface area contributed by atoms with Crippen LogP contribution in [0.25, 0.3) is 0 Å². The predicted molar refractivity (Wildman–Crippen MR) is 76.8 cm³/mol. The molecule has 0 saturated heterocycles. The number of ether oxygens (including phenoxy) is 1. The van der Waals surface area contributed by atoms with Crippen LogP contribution in [0.2, 0.25) is 0 Å². The third-order valence-electron chi connectivity index (χ3n) is 2.68. The summed E-state index contributed by atoms with van der Waals surface area (Å²) in [6.07, 6.45) is 1.38. The summed E-state index contributed by atoms with van der Waals surface area (Å²) in [7, 11) is 1.54. The lowest BCUT2D eigenvalue weighted by atomic mass is 10.3. The minimum absolute atomic E-state index is 0.0517. The van der Waals surface area contributed by atoms with Gasteiger partial charge >= 0.3 is 0 Å². The van der Waals surface area contributed by atoms with E-state index < -0.39 is 5.91 Å². The Morgan fingerprint density at radius 1 is 1.43 bits per heavy atom. The van der Waals surface area contributed by atoms with E-state index in [1.54, 1.807) is 31.4 Å². The zero-order chi connectivity index (χ0) is 15.4. The fraction of sp³-hybridized carbons (Fsp3) is 0.154. The predicted octanol–water partition coefficient (Wildman–Crippen LogP) is 0.212. The normalized spacial score (nSPS) is 10.1. The Kier molecular flexibility index (Phi) is 4.07. The molecule has 0 unspecified atom stereocenters. The highest BCUT2D eigenvalue weighted by molar-refractivity contribution is 5.96. The second kappa shape index (κ2) is 5.95. The Morgan fingerprint density at radius 2 is 2.19 bits per heavy atom. The summed E-state index contributed by atoms with van der Waals surface area (Å²) < 4.78 is 6.32. The van der Waals surface area contributed by atoms with Crippen LogP contribution in [-0.2, 0) is 11.3 Å². The van der Waals surface area contributed by atoms with Crippen LogP contribution >= 0.6 is 0 Å². The molecule has 0 spiro atoms. The van der Waals surface area contributed by atoms with Crippen molar-refractivity contribution in [1.29, 1.82) is 0 Å². The Bertz CT molecular complexity index is 680. The van der Waals surface area contributed by atoms with Gasteiger partial charge in [0.25, 0.3) is 5.91 Å². The number of rotatable bonds is 5. The van der Waals surface area contributed by atoms with Gasteiger partial charge in [-0.05, 0) is 12.1 Å². The molecular weight excluding hydrogens is 274 g/mol. The number of nitrogens with two attached hydrogens (primary N) is 2. The fourth-order valence-corrected chi connectivity index (χ4v) is 1.76. The third kappa shape index (κ3) is 3.50. The van der Waals surface area contributed by atoms with E-state index in [9.17, 15) is 9.59 Å². The van der Waals surface area contributed by atoms with Gasteiger partial charge in [-0.25, -0.2) is 0 Å². The summed E-state index contributed by atoms with van der Waals surface area (Å²) in [5.74, 6) is -0.423. The number of methoxy groups -OCH3 is 1. The molecule has 0 aliphatic rings. The largest absolute Gasteiger partial charge is 0.497 e. The smallest absolute Gasteiger partial charge is 0.271 e. The standard InChI is InChI=1S/C13H15N5O3/c1-21-9-4-2-3-8(5-9)16-11(19)7-18-6-10(14)12(17-18)13(15)20/h2-6H,7,14H2,1H3,(H2,15,20)(H,16,19). The van der Waals surface area contributed by atoms with Crippen LogP contribution in [0, 0.1) is 0 Å². The number of hydrogen-bond donors (Lipinski definition) is 3. The van der Waals surface area contributed by atoms with Gasteiger partial charge in [0.2, 0.25) is 5.91 Å². The van der Waals surface area contributed by atoms with Crippen LogP contribution < -0.4 is 21.5 Å². The van der Waals surface area contributed by atoms with Crippen molar-refractivity contribution in [1.82, 2.24) is 9.78 Å². The molecule has 0 atom stereocenters. The fourth-order valence-electron chi connectivity index (χ4n) is 1.76. The Balaban J connectivity index is 2.04. The molecule has 0 aliphatic carbocycles. The number of carbonyl (C=O) groups is 2. The second-order valence-electron chi connectivity index (χ2n) is 4.28. The van der Waals surface area contributed by atoms with Gasteiger partial charge in [0, 0.05) is 18.0 Å². The summed E-state index contributed by atoms with van der Waals surface area (Å²) in [5.41, 5.74) is 11.4. The number of benzene rings is 1. The summed E-state index contributed by atoms with van der Waals surface area (Å²) in [4.78, 5) is 22.9. The Labute approximate surface area is 120 Å². The number of nitrogens with zero attached hydrogens (tertiary/aromatic N) is 2. The van der Waals surface area contributed by atoms with Crippen molar-refractivity contribution in [3.8, 4) is 5.75 Å². The van der Waals surface area contributed by atoms with E-state index in [0.717, 1.165) is 0 Å². The first-order valence-corrected chi connectivity index (χ1v) is 6.06. The average Bonchev–Trinajstić information content (AvgIpc) is 2.79. The van der Waals surface area contributed by atoms with Crippen LogP contribution in [0.5, 0.6) is 5.75 Å².